The van der Waals surface area contributed by atoms with Gasteiger partial charge in [-0.15, -0.1) is 0 Å². The van der Waals surface area contributed by atoms with Gasteiger partial charge in [-0.3, -0.25) is 4.79 Å². The first-order chi connectivity index (χ1) is 8.25. The number of hydrogen-bond donors (Lipinski definition) is 2. The van der Waals surface area contributed by atoms with E-state index < -0.39 is 0 Å². The van der Waals surface area contributed by atoms with E-state index in [4.69, 9.17) is 10.5 Å². The number of hydrogen-bond acceptors (Lipinski definition) is 3. The molecule has 2 rings (SSSR count). The summed E-state index contributed by atoms with van der Waals surface area (Å²) in [6, 6.07) is 0.387. The highest BCUT2D eigenvalue weighted by molar-refractivity contribution is 5.78. The predicted molar refractivity (Wildman–Crippen MR) is 66.5 cm³/mol. The van der Waals surface area contributed by atoms with E-state index in [1.165, 1.54) is 0 Å². The molecule has 0 unspecified atom stereocenters. The molecule has 1 saturated carbocycles. The normalized spacial score (nSPS) is 31.1. The molecule has 98 valence electrons. The van der Waals surface area contributed by atoms with Gasteiger partial charge in [0.1, 0.15) is 0 Å². The molecule has 0 aromatic carbocycles. The minimum atomic E-state index is 0.176. The number of rotatable bonds is 3. The van der Waals surface area contributed by atoms with Gasteiger partial charge in [-0.2, -0.15) is 0 Å². The van der Waals surface area contributed by atoms with Crippen molar-refractivity contribution in [1.29, 1.82) is 0 Å². The van der Waals surface area contributed by atoms with Gasteiger partial charge in [0.15, 0.2) is 0 Å². The highest BCUT2D eigenvalue weighted by Gasteiger charge is 2.23. The Kier molecular flexibility index (Phi) is 4.80. The van der Waals surface area contributed by atoms with Gasteiger partial charge in [0.05, 0.1) is 0 Å². The molecule has 0 aromatic rings. The van der Waals surface area contributed by atoms with Crippen molar-refractivity contribution < 1.29 is 9.53 Å². The molecule has 1 amide bonds. The summed E-state index contributed by atoms with van der Waals surface area (Å²) in [6.45, 7) is 2.30. The Bertz CT molecular complexity index is 244. The molecule has 1 aliphatic heterocycles. The number of ether oxygens (including phenoxy) is 1. The molecule has 0 aromatic heterocycles. The molecule has 1 saturated heterocycles. The van der Waals surface area contributed by atoms with Gasteiger partial charge in [-0.05, 0) is 44.4 Å². The van der Waals surface area contributed by atoms with Crippen LogP contribution >= 0.6 is 0 Å². The van der Waals surface area contributed by atoms with Gasteiger partial charge >= 0.3 is 0 Å². The Morgan fingerprint density at radius 2 is 1.76 bits per heavy atom. The van der Waals surface area contributed by atoms with Gasteiger partial charge in [0, 0.05) is 31.7 Å². The molecule has 1 aliphatic carbocycles. The van der Waals surface area contributed by atoms with Crippen LogP contribution in [0.1, 0.15) is 38.5 Å². The van der Waals surface area contributed by atoms with Crippen LogP contribution < -0.4 is 11.1 Å². The molecule has 17 heavy (non-hydrogen) atoms. The van der Waals surface area contributed by atoms with Crippen LogP contribution in [-0.2, 0) is 9.53 Å². The topological polar surface area (TPSA) is 64.3 Å². The maximum atomic E-state index is 11.9. The fourth-order valence-corrected chi connectivity index (χ4v) is 2.74. The Morgan fingerprint density at radius 1 is 1.12 bits per heavy atom. The molecule has 4 nitrogen and oxygen atoms in total. The minimum Gasteiger partial charge on any atom is -0.381 e. The van der Waals surface area contributed by atoms with Crippen LogP contribution in [-0.4, -0.2) is 31.7 Å². The molecular formula is C13H24N2O2. The first-order valence-corrected chi connectivity index (χ1v) is 6.86. The molecule has 3 N–H and O–H groups in total. The van der Waals surface area contributed by atoms with Gasteiger partial charge in [-0.25, -0.2) is 0 Å². The molecule has 1 heterocycles. The van der Waals surface area contributed by atoms with E-state index in [-0.39, 0.29) is 11.8 Å². The quantitative estimate of drug-likeness (QED) is 0.775. The first kappa shape index (κ1) is 12.8. The second-order valence-electron chi connectivity index (χ2n) is 5.41. The summed E-state index contributed by atoms with van der Waals surface area (Å²) in [5.41, 5.74) is 5.87. The Labute approximate surface area is 103 Å². The summed E-state index contributed by atoms with van der Waals surface area (Å²) in [5, 5.41) is 3.10. The minimum absolute atomic E-state index is 0.176. The fraction of sp³-hybridized carbons (Fsp3) is 0.923. The second-order valence-corrected chi connectivity index (χ2v) is 5.41. The molecule has 2 aliphatic rings. The van der Waals surface area contributed by atoms with Crippen molar-refractivity contribution in [2.24, 2.45) is 17.6 Å². The van der Waals surface area contributed by atoms with E-state index in [1.54, 1.807) is 0 Å². The molecule has 0 radical (unpaired) electrons. The summed E-state index contributed by atoms with van der Waals surface area (Å²) < 4.78 is 5.26. The standard InChI is InChI=1S/C13H24N2O2/c14-12-3-1-10(2-4-12)9-15-13(16)11-5-7-17-8-6-11/h10-12H,1-9,14H2,(H,15,16). The predicted octanol–water partition coefficient (Wildman–Crippen LogP) is 1.05. The monoisotopic (exact) mass is 240 g/mol. The van der Waals surface area contributed by atoms with Crippen LogP contribution in [0.2, 0.25) is 0 Å². The summed E-state index contributed by atoms with van der Waals surface area (Å²) >= 11 is 0. The average Bonchev–Trinajstić information content (AvgIpc) is 2.39. The number of carbonyl (C=O) groups is 1. The number of amides is 1. The van der Waals surface area contributed by atoms with Crippen LogP contribution in [0.5, 0.6) is 0 Å². The van der Waals surface area contributed by atoms with Crippen molar-refractivity contribution >= 4 is 5.91 Å². The van der Waals surface area contributed by atoms with Crippen molar-refractivity contribution in [2.75, 3.05) is 19.8 Å². The largest absolute Gasteiger partial charge is 0.381 e. The van der Waals surface area contributed by atoms with Crippen molar-refractivity contribution in [3.63, 3.8) is 0 Å². The Balaban J connectivity index is 1.65. The maximum Gasteiger partial charge on any atom is 0.223 e. The number of nitrogens with one attached hydrogen (secondary N) is 1. The third-order valence-corrected chi connectivity index (χ3v) is 4.05. The first-order valence-electron chi connectivity index (χ1n) is 6.86. The summed E-state index contributed by atoms with van der Waals surface area (Å²) in [7, 11) is 0. The van der Waals surface area contributed by atoms with Gasteiger partial charge in [0.25, 0.3) is 0 Å². The van der Waals surface area contributed by atoms with Gasteiger partial charge < -0.3 is 15.8 Å². The molecule has 0 bridgehead atoms. The highest BCUT2D eigenvalue weighted by atomic mass is 16.5. The number of nitrogens with two attached hydrogens (primary N) is 1. The van der Waals surface area contributed by atoms with Crippen molar-refractivity contribution in [2.45, 2.75) is 44.6 Å². The third-order valence-electron chi connectivity index (χ3n) is 4.05. The number of carbonyl (C=O) groups excluding carboxylic acids is 1. The summed E-state index contributed by atoms with van der Waals surface area (Å²) in [4.78, 5) is 11.9. The van der Waals surface area contributed by atoms with Gasteiger partial charge in [0.2, 0.25) is 5.91 Å². The average molecular weight is 240 g/mol. The lowest BCUT2D eigenvalue weighted by atomic mass is 9.86. The van der Waals surface area contributed by atoms with Crippen LogP contribution in [0.4, 0.5) is 0 Å². The smallest absolute Gasteiger partial charge is 0.223 e. The molecular weight excluding hydrogens is 216 g/mol. The lowest BCUT2D eigenvalue weighted by Crippen LogP contribution is -2.38. The van der Waals surface area contributed by atoms with E-state index in [0.29, 0.717) is 12.0 Å². The van der Waals surface area contributed by atoms with Crippen molar-refractivity contribution in [3.05, 3.63) is 0 Å². The van der Waals surface area contributed by atoms with E-state index in [9.17, 15) is 4.79 Å². The summed E-state index contributed by atoms with van der Waals surface area (Å²) in [5.74, 6) is 1.04. The zero-order valence-corrected chi connectivity index (χ0v) is 10.5. The molecule has 0 spiro atoms. The van der Waals surface area contributed by atoms with E-state index in [0.717, 1.165) is 58.3 Å². The van der Waals surface area contributed by atoms with Crippen LogP contribution in [0.3, 0.4) is 0 Å². The van der Waals surface area contributed by atoms with Crippen molar-refractivity contribution in [1.82, 2.24) is 5.32 Å². The Hall–Kier alpha value is -0.610. The molecule has 4 heteroatoms. The SMILES string of the molecule is NC1CCC(CNC(=O)C2CCOCC2)CC1. The summed E-state index contributed by atoms with van der Waals surface area (Å²) in [6.07, 6.45) is 6.29. The van der Waals surface area contributed by atoms with Crippen LogP contribution in [0.25, 0.3) is 0 Å². The van der Waals surface area contributed by atoms with E-state index in [2.05, 4.69) is 5.32 Å². The van der Waals surface area contributed by atoms with Gasteiger partial charge in [-0.1, -0.05) is 0 Å². The fourth-order valence-electron chi connectivity index (χ4n) is 2.74. The van der Waals surface area contributed by atoms with Crippen LogP contribution in [0.15, 0.2) is 0 Å². The molecule has 2 fully saturated rings. The van der Waals surface area contributed by atoms with Crippen molar-refractivity contribution in [3.8, 4) is 0 Å². The maximum absolute atomic E-state index is 11.9. The second kappa shape index (κ2) is 6.36. The highest BCUT2D eigenvalue weighted by Crippen LogP contribution is 2.22. The zero-order valence-electron chi connectivity index (χ0n) is 10.5. The Morgan fingerprint density at radius 3 is 2.41 bits per heavy atom. The van der Waals surface area contributed by atoms with E-state index in [1.807, 2.05) is 0 Å². The van der Waals surface area contributed by atoms with E-state index >= 15 is 0 Å². The zero-order chi connectivity index (χ0) is 12.1. The molecule has 0 atom stereocenters. The lowest BCUT2D eigenvalue weighted by molar-refractivity contribution is -0.128. The lowest BCUT2D eigenvalue weighted by Gasteiger charge is -2.27. The third kappa shape index (κ3) is 3.96. The van der Waals surface area contributed by atoms with Crippen LogP contribution in [0, 0.1) is 11.8 Å².